The molecule has 0 radical (unpaired) electrons. The van der Waals surface area contributed by atoms with Crippen LogP contribution in [0.15, 0.2) is 4.90 Å². The van der Waals surface area contributed by atoms with Crippen LogP contribution < -0.4 is 4.74 Å². The van der Waals surface area contributed by atoms with Gasteiger partial charge in [-0.2, -0.15) is 22.0 Å². The minimum absolute atomic E-state index is 0.250. The van der Waals surface area contributed by atoms with Crippen molar-refractivity contribution in [2.75, 3.05) is 7.05 Å². The zero-order valence-corrected chi connectivity index (χ0v) is 16.5. The summed E-state index contributed by atoms with van der Waals surface area (Å²) in [4.78, 5) is 8.99. The lowest BCUT2D eigenvalue weighted by atomic mass is 9.97. The summed E-state index contributed by atoms with van der Waals surface area (Å²) in [6, 6.07) is 0. The molecule has 0 aromatic heterocycles. The van der Waals surface area contributed by atoms with E-state index < -0.39 is 74.6 Å². The molecule has 166 valence electrons. The van der Waals surface area contributed by atoms with E-state index in [1.807, 2.05) is 0 Å². The van der Waals surface area contributed by atoms with Crippen LogP contribution in [0.25, 0.3) is 0 Å². The van der Waals surface area contributed by atoms with Crippen molar-refractivity contribution < 1.29 is 57.1 Å². The number of hydrogen-bond donors (Lipinski definition) is 0. The lowest BCUT2D eigenvalue weighted by molar-refractivity contribution is -0.143. The summed E-state index contributed by atoms with van der Waals surface area (Å²) in [6.07, 6.45) is 0. The fourth-order valence-electron chi connectivity index (χ4n) is 1.56. The van der Waals surface area contributed by atoms with Gasteiger partial charge in [0.05, 0.1) is 5.41 Å². The molecule has 0 unspecified atom stereocenters. The number of halogens is 7. The third-order valence-electron chi connectivity index (χ3n) is 3.22. The van der Waals surface area contributed by atoms with Gasteiger partial charge in [-0.3, -0.25) is 4.79 Å². The van der Waals surface area contributed by atoms with Crippen molar-refractivity contribution in [2.24, 2.45) is 5.41 Å². The van der Waals surface area contributed by atoms with Crippen molar-refractivity contribution in [3.8, 4) is 5.75 Å². The SMILES string of the molecule is CN(S(=O)(=O)c1c(F)c(F)c(OC(=O)C(C)(C)C)c(F)c1F)S(=O)(=O)C(F)(F)F. The van der Waals surface area contributed by atoms with Gasteiger partial charge < -0.3 is 4.74 Å². The number of carbonyl (C=O) groups excluding carboxylic acids is 1. The Labute approximate surface area is 160 Å². The Hall–Kier alpha value is -1.94. The molecule has 0 amide bonds. The first-order chi connectivity index (χ1) is 12.7. The Morgan fingerprint density at radius 3 is 1.55 bits per heavy atom. The number of sulfonamides is 2. The van der Waals surface area contributed by atoms with Crippen molar-refractivity contribution in [3.05, 3.63) is 23.3 Å². The highest BCUT2D eigenvalue weighted by Crippen LogP contribution is 2.37. The molecule has 1 aromatic carbocycles. The summed E-state index contributed by atoms with van der Waals surface area (Å²) in [5, 5.41) is 0. The average molecular weight is 475 g/mol. The van der Waals surface area contributed by atoms with E-state index in [1.165, 1.54) is 20.8 Å². The minimum Gasteiger partial charge on any atom is -0.420 e. The van der Waals surface area contributed by atoms with E-state index in [1.54, 1.807) is 0 Å². The van der Waals surface area contributed by atoms with Gasteiger partial charge in [0.2, 0.25) is 17.4 Å². The molecule has 1 rings (SSSR count). The molecule has 0 saturated carbocycles. The van der Waals surface area contributed by atoms with E-state index in [9.17, 15) is 52.4 Å². The Morgan fingerprint density at radius 1 is 0.862 bits per heavy atom. The average Bonchev–Trinajstić information content (AvgIpc) is 2.53. The van der Waals surface area contributed by atoms with Crippen LogP contribution in [-0.4, -0.2) is 39.1 Å². The second-order valence-corrected chi connectivity index (χ2v) is 10.5. The fourth-order valence-corrected chi connectivity index (χ4v) is 4.25. The monoisotopic (exact) mass is 475 g/mol. The van der Waals surface area contributed by atoms with Gasteiger partial charge in [0, 0.05) is 7.05 Å². The zero-order valence-electron chi connectivity index (χ0n) is 14.9. The van der Waals surface area contributed by atoms with Gasteiger partial charge in [0.25, 0.3) is 10.0 Å². The normalized spacial score (nSPS) is 13.7. The maximum Gasteiger partial charge on any atom is 0.512 e. The predicted molar refractivity (Wildman–Crippen MR) is 81.3 cm³/mol. The number of nitrogens with zero attached hydrogens (tertiary/aromatic N) is 1. The van der Waals surface area contributed by atoms with Crippen LogP contribution in [0.5, 0.6) is 5.75 Å². The second-order valence-electron chi connectivity index (χ2n) is 6.39. The molecular weight excluding hydrogens is 463 g/mol. The molecule has 0 fully saturated rings. The molecule has 0 N–H and O–H groups in total. The number of carbonyl (C=O) groups is 1. The third kappa shape index (κ3) is 4.32. The van der Waals surface area contributed by atoms with E-state index in [2.05, 4.69) is 4.74 Å². The Bertz CT molecular complexity index is 1030. The van der Waals surface area contributed by atoms with Crippen LogP contribution in [0.4, 0.5) is 30.7 Å². The highest BCUT2D eigenvalue weighted by molar-refractivity contribution is 8.04. The fraction of sp³-hybridized carbons (Fsp3) is 0.462. The van der Waals surface area contributed by atoms with Gasteiger partial charge in [-0.1, -0.05) is 3.71 Å². The molecule has 0 aliphatic heterocycles. The summed E-state index contributed by atoms with van der Waals surface area (Å²) in [6.45, 7) is 3.56. The molecule has 0 atom stereocenters. The van der Waals surface area contributed by atoms with E-state index in [0.717, 1.165) is 0 Å². The van der Waals surface area contributed by atoms with Crippen molar-refractivity contribution in [2.45, 2.75) is 31.2 Å². The molecule has 0 heterocycles. The van der Waals surface area contributed by atoms with Crippen molar-refractivity contribution in [1.29, 1.82) is 0 Å². The molecule has 0 spiro atoms. The van der Waals surface area contributed by atoms with Crippen LogP contribution in [0.2, 0.25) is 0 Å². The summed E-state index contributed by atoms with van der Waals surface area (Å²) in [5.74, 6) is -14.2. The second kappa shape index (κ2) is 7.39. The molecule has 0 bridgehead atoms. The molecule has 7 nitrogen and oxygen atoms in total. The largest absolute Gasteiger partial charge is 0.512 e. The van der Waals surface area contributed by atoms with Crippen molar-refractivity contribution in [3.63, 3.8) is 0 Å². The molecule has 0 aliphatic carbocycles. The van der Waals surface area contributed by atoms with Crippen molar-refractivity contribution in [1.82, 2.24) is 3.71 Å². The number of ether oxygens (including phenoxy) is 1. The van der Waals surface area contributed by atoms with Crippen LogP contribution in [-0.2, 0) is 24.8 Å². The number of rotatable bonds is 4. The van der Waals surface area contributed by atoms with Gasteiger partial charge in [-0.05, 0) is 20.8 Å². The number of esters is 1. The maximum atomic E-state index is 14.1. The van der Waals surface area contributed by atoms with E-state index in [-0.39, 0.29) is 7.05 Å². The summed E-state index contributed by atoms with van der Waals surface area (Å²) in [5.41, 5.74) is -7.65. The van der Waals surface area contributed by atoms with E-state index >= 15 is 0 Å². The molecule has 1 aromatic rings. The summed E-state index contributed by atoms with van der Waals surface area (Å²) >= 11 is 0. The predicted octanol–water partition coefficient (Wildman–Crippen LogP) is 2.66. The van der Waals surface area contributed by atoms with Crippen LogP contribution in [0, 0.1) is 28.7 Å². The Balaban J connectivity index is 3.75. The summed E-state index contributed by atoms with van der Waals surface area (Å²) < 4.78 is 143. The Kier molecular flexibility index (Phi) is 6.40. The van der Waals surface area contributed by atoms with Crippen LogP contribution in [0.1, 0.15) is 20.8 Å². The maximum absolute atomic E-state index is 14.1. The zero-order chi connectivity index (χ0) is 23.3. The first-order valence-electron chi connectivity index (χ1n) is 7.07. The smallest absolute Gasteiger partial charge is 0.420 e. The number of hydrogen-bond acceptors (Lipinski definition) is 6. The topological polar surface area (TPSA) is 97.8 Å². The van der Waals surface area contributed by atoms with Gasteiger partial charge in [-0.25, -0.2) is 25.6 Å². The molecule has 0 saturated heterocycles. The highest BCUT2D eigenvalue weighted by Gasteiger charge is 2.54. The quantitative estimate of drug-likeness (QED) is 0.288. The molecule has 0 aliphatic rings. The number of benzene rings is 1. The minimum atomic E-state index is -6.71. The van der Waals surface area contributed by atoms with Crippen LogP contribution >= 0.6 is 0 Å². The van der Waals surface area contributed by atoms with Gasteiger partial charge in [-0.15, -0.1) is 0 Å². The standard InChI is InChI=1S/C13H12F7NO6S2/c1-12(2,3)11(22)27-9-5(14)7(16)10(8(17)6(9)15)28(23,24)21(4)29(25,26)13(18,19)20/h1-4H3. The molecule has 29 heavy (non-hydrogen) atoms. The van der Waals surface area contributed by atoms with Gasteiger partial charge in [0.15, 0.2) is 16.5 Å². The van der Waals surface area contributed by atoms with Crippen LogP contribution in [0.3, 0.4) is 0 Å². The molecule has 16 heteroatoms. The molecular formula is C13H12F7NO6S2. The lowest BCUT2D eigenvalue weighted by Gasteiger charge is -2.21. The highest BCUT2D eigenvalue weighted by atomic mass is 32.3. The van der Waals surface area contributed by atoms with Gasteiger partial charge in [0.1, 0.15) is 0 Å². The third-order valence-corrected chi connectivity index (χ3v) is 7.21. The number of alkyl halides is 3. The van der Waals surface area contributed by atoms with Crippen molar-refractivity contribution >= 4 is 26.0 Å². The first-order valence-corrected chi connectivity index (χ1v) is 9.95. The first kappa shape index (κ1) is 25.1. The van der Waals surface area contributed by atoms with E-state index in [0.29, 0.717) is 0 Å². The van der Waals surface area contributed by atoms with Gasteiger partial charge >= 0.3 is 21.5 Å². The van der Waals surface area contributed by atoms with E-state index in [4.69, 9.17) is 0 Å². The Morgan fingerprint density at radius 2 is 1.24 bits per heavy atom. The summed E-state index contributed by atoms with van der Waals surface area (Å²) in [7, 11) is -13.3. The lowest BCUT2D eigenvalue weighted by Crippen LogP contribution is -2.42.